The van der Waals surface area contributed by atoms with Crippen molar-refractivity contribution in [3.63, 3.8) is 0 Å². The van der Waals surface area contributed by atoms with Crippen molar-refractivity contribution in [2.24, 2.45) is 0 Å². The van der Waals surface area contributed by atoms with E-state index >= 15 is 0 Å². The van der Waals surface area contributed by atoms with Gasteiger partial charge in [-0.1, -0.05) is 24.1 Å². The Morgan fingerprint density at radius 2 is 1.76 bits per heavy atom. The van der Waals surface area contributed by atoms with E-state index in [0.29, 0.717) is 5.75 Å². The van der Waals surface area contributed by atoms with Crippen molar-refractivity contribution in [1.82, 2.24) is 0 Å². The van der Waals surface area contributed by atoms with Gasteiger partial charge in [-0.25, -0.2) is 0 Å². The van der Waals surface area contributed by atoms with Crippen LogP contribution in [0.2, 0.25) is 0 Å². The molecule has 2 aromatic carbocycles. The molecule has 0 N–H and O–H groups in total. The molecule has 3 heteroatoms. The van der Waals surface area contributed by atoms with Crippen LogP contribution in [0.5, 0.6) is 11.5 Å². The highest BCUT2D eigenvalue weighted by Gasteiger charge is 2.30. The van der Waals surface area contributed by atoms with Crippen LogP contribution in [-0.2, 0) is 6.54 Å². The van der Waals surface area contributed by atoms with Crippen molar-refractivity contribution in [3.05, 3.63) is 53.6 Å². The fourth-order valence-electron chi connectivity index (χ4n) is 2.81. The van der Waals surface area contributed by atoms with Crippen molar-refractivity contribution in [3.8, 4) is 23.8 Å². The van der Waals surface area contributed by atoms with Crippen molar-refractivity contribution in [2.75, 3.05) is 19.1 Å². The van der Waals surface area contributed by atoms with Crippen LogP contribution in [0.4, 0.5) is 5.69 Å². The van der Waals surface area contributed by atoms with E-state index in [1.54, 1.807) is 14.2 Å². The van der Waals surface area contributed by atoms with E-state index in [1.807, 2.05) is 30.3 Å². The highest BCUT2D eigenvalue weighted by Crippen LogP contribution is 2.42. The Morgan fingerprint density at radius 3 is 2.38 bits per heavy atom. The van der Waals surface area contributed by atoms with Gasteiger partial charge in [-0.3, -0.25) is 0 Å². The van der Waals surface area contributed by atoms with E-state index in [2.05, 4.69) is 23.0 Å². The lowest BCUT2D eigenvalue weighted by molar-refractivity contribution is 0.354. The van der Waals surface area contributed by atoms with Crippen molar-refractivity contribution in [1.29, 1.82) is 0 Å². The lowest BCUT2D eigenvalue weighted by Gasteiger charge is -2.23. The van der Waals surface area contributed by atoms with E-state index < -0.39 is 0 Å². The summed E-state index contributed by atoms with van der Waals surface area (Å²) in [4.78, 5) is 2.21. The summed E-state index contributed by atoms with van der Waals surface area (Å²) in [7, 11) is 3.28. The maximum atomic E-state index is 5.77. The Balaban J connectivity index is 2.06. The molecule has 0 amide bonds. The Labute approximate surface area is 125 Å². The van der Waals surface area contributed by atoms with E-state index in [0.717, 1.165) is 23.5 Å². The Morgan fingerprint density at radius 1 is 1.10 bits per heavy atom. The van der Waals surface area contributed by atoms with Gasteiger partial charge >= 0.3 is 0 Å². The largest absolute Gasteiger partial charge is 0.493 e. The summed E-state index contributed by atoms with van der Waals surface area (Å²) in [5, 5.41) is 0. The second-order valence-corrected chi connectivity index (χ2v) is 4.94. The first kappa shape index (κ1) is 13.4. The third-order valence-corrected chi connectivity index (χ3v) is 3.84. The molecular formula is C18H17NO2. The van der Waals surface area contributed by atoms with E-state index in [-0.39, 0.29) is 6.04 Å². The van der Waals surface area contributed by atoms with Crippen LogP contribution in [-0.4, -0.2) is 14.2 Å². The quantitative estimate of drug-likeness (QED) is 0.804. The number of nitrogens with zero attached hydrogens (tertiary/aromatic N) is 1. The molecule has 0 unspecified atom stereocenters. The maximum absolute atomic E-state index is 5.77. The number of hydrogen-bond acceptors (Lipinski definition) is 3. The number of terminal acetylenes is 1. The van der Waals surface area contributed by atoms with E-state index in [9.17, 15) is 0 Å². The molecule has 0 spiro atoms. The zero-order valence-corrected chi connectivity index (χ0v) is 12.2. The first-order valence-electron chi connectivity index (χ1n) is 6.81. The highest BCUT2D eigenvalue weighted by molar-refractivity contribution is 5.61. The number of rotatable bonds is 3. The molecule has 106 valence electrons. The standard InChI is InChI=1S/C18H17NO2/c1-4-16-15-11-18(21-3)17(20-2)10-13(15)12-19(16)14-8-6-5-7-9-14/h1,5-11,16H,12H2,2-3H3/t16-/m1/s1. The third kappa shape index (κ3) is 2.19. The van der Waals surface area contributed by atoms with Gasteiger partial charge < -0.3 is 14.4 Å². The normalized spacial score (nSPS) is 16.2. The Hall–Kier alpha value is -2.60. The number of hydrogen-bond donors (Lipinski definition) is 0. The average Bonchev–Trinajstić information content (AvgIpc) is 2.91. The molecule has 1 aliphatic heterocycles. The molecule has 2 aromatic rings. The van der Waals surface area contributed by atoms with Gasteiger partial charge in [0, 0.05) is 12.2 Å². The molecule has 3 rings (SSSR count). The number of para-hydroxylation sites is 1. The molecule has 21 heavy (non-hydrogen) atoms. The second kappa shape index (κ2) is 5.41. The summed E-state index contributed by atoms with van der Waals surface area (Å²) in [5.74, 6) is 4.34. The molecule has 0 saturated carbocycles. The molecule has 1 heterocycles. The number of benzene rings is 2. The number of fused-ring (bicyclic) bond motifs is 1. The van der Waals surface area contributed by atoms with Crippen LogP contribution in [0.3, 0.4) is 0 Å². The van der Waals surface area contributed by atoms with Crippen LogP contribution >= 0.6 is 0 Å². The van der Waals surface area contributed by atoms with Gasteiger partial charge in [0.15, 0.2) is 11.5 Å². The lowest BCUT2D eigenvalue weighted by atomic mass is 10.0. The second-order valence-electron chi connectivity index (χ2n) is 4.94. The smallest absolute Gasteiger partial charge is 0.161 e. The minimum absolute atomic E-state index is 0.0813. The molecule has 1 atom stereocenters. The summed E-state index contributed by atoms with van der Waals surface area (Å²) < 4.78 is 10.8. The van der Waals surface area contributed by atoms with Gasteiger partial charge in [-0.15, -0.1) is 6.42 Å². The lowest BCUT2D eigenvalue weighted by Crippen LogP contribution is -2.19. The number of ether oxygens (including phenoxy) is 2. The van der Waals surface area contributed by atoms with Crippen molar-refractivity contribution < 1.29 is 9.47 Å². The molecule has 0 bridgehead atoms. The highest BCUT2D eigenvalue weighted by atomic mass is 16.5. The SMILES string of the molecule is C#C[C@@H]1c2cc(OC)c(OC)cc2CN1c1ccccc1. The first-order valence-corrected chi connectivity index (χ1v) is 6.81. The first-order chi connectivity index (χ1) is 10.3. The Kier molecular flexibility index (Phi) is 3.45. The molecular weight excluding hydrogens is 262 g/mol. The Bertz CT molecular complexity index is 688. The molecule has 0 saturated heterocycles. The maximum Gasteiger partial charge on any atom is 0.161 e. The molecule has 0 fully saturated rings. The van der Waals surface area contributed by atoms with Gasteiger partial charge in [-0.05, 0) is 35.4 Å². The van der Waals surface area contributed by atoms with Gasteiger partial charge in [0.2, 0.25) is 0 Å². The predicted molar refractivity (Wildman–Crippen MR) is 83.7 cm³/mol. The van der Waals surface area contributed by atoms with Gasteiger partial charge in [-0.2, -0.15) is 0 Å². The third-order valence-electron chi connectivity index (χ3n) is 3.84. The van der Waals surface area contributed by atoms with Crippen LogP contribution in [0.25, 0.3) is 0 Å². The minimum Gasteiger partial charge on any atom is -0.493 e. The number of anilines is 1. The van der Waals surface area contributed by atoms with E-state index in [1.165, 1.54) is 5.56 Å². The predicted octanol–water partition coefficient (Wildman–Crippen LogP) is 3.40. The topological polar surface area (TPSA) is 21.7 Å². The average molecular weight is 279 g/mol. The molecule has 0 aromatic heterocycles. The molecule has 3 nitrogen and oxygen atoms in total. The summed E-state index contributed by atoms with van der Waals surface area (Å²) >= 11 is 0. The molecule has 0 radical (unpaired) electrons. The van der Waals surface area contributed by atoms with Crippen LogP contribution in [0.1, 0.15) is 17.2 Å². The van der Waals surface area contributed by atoms with Gasteiger partial charge in [0.1, 0.15) is 6.04 Å². The van der Waals surface area contributed by atoms with Crippen LogP contribution in [0, 0.1) is 12.3 Å². The van der Waals surface area contributed by atoms with Crippen LogP contribution in [0.15, 0.2) is 42.5 Å². The fraction of sp³-hybridized carbons (Fsp3) is 0.222. The summed E-state index contributed by atoms with van der Waals surface area (Å²) in [5.41, 5.74) is 3.41. The minimum atomic E-state index is -0.0813. The summed E-state index contributed by atoms with van der Waals surface area (Å²) in [6.07, 6.45) is 5.77. The van der Waals surface area contributed by atoms with Crippen molar-refractivity contribution in [2.45, 2.75) is 12.6 Å². The summed E-state index contributed by atoms with van der Waals surface area (Å²) in [6, 6.07) is 14.1. The number of methoxy groups -OCH3 is 2. The fourth-order valence-corrected chi connectivity index (χ4v) is 2.81. The zero-order chi connectivity index (χ0) is 14.8. The molecule has 0 aliphatic carbocycles. The van der Waals surface area contributed by atoms with Crippen LogP contribution < -0.4 is 14.4 Å². The van der Waals surface area contributed by atoms with Gasteiger partial charge in [0.05, 0.1) is 14.2 Å². The van der Waals surface area contributed by atoms with Gasteiger partial charge in [0.25, 0.3) is 0 Å². The van der Waals surface area contributed by atoms with E-state index in [4.69, 9.17) is 15.9 Å². The monoisotopic (exact) mass is 279 g/mol. The summed E-state index contributed by atoms with van der Waals surface area (Å²) in [6.45, 7) is 0.772. The zero-order valence-electron chi connectivity index (χ0n) is 12.2. The molecule has 1 aliphatic rings. The van der Waals surface area contributed by atoms with Crippen molar-refractivity contribution >= 4 is 5.69 Å².